The van der Waals surface area contributed by atoms with Gasteiger partial charge in [0.05, 0.1) is 10.6 Å². The highest BCUT2D eigenvalue weighted by Crippen LogP contribution is 2.28. The second-order valence-corrected chi connectivity index (χ2v) is 7.72. The third-order valence-corrected chi connectivity index (χ3v) is 5.22. The zero-order valence-electron chi connectivity index (χ0n) is 12.6. The lowest BCUT2D eigenvalue weighted by atomic mass is 9.93. The molecule has 0 spiro atoms. The average Bonchev–Trinajstić information content (AvgIpc) is 2.45. The van der Waals surface area contributed by atoms with E-state index in [0.717, 1.165) is 51.2 Å². The number of piperidine rings is 1. The van der Waals surface area contributed by atoms with Crippen LogP contribution in [0.3, 0.4) is 0 Å². The number of halogens is 1. The molecule has 0 amide bonds. The molecule has 1 fully saturated rings. The SMILES string of the molecule is CNCCC1CCN(c2ccc(S(C)(=O)=O)cc2F)CC1. The van der Waals surface area contributed by atoms with E-state index in [1.165, 1.54) is 6.07 Å². The van der Waals surface area contributed by atoms with Gasteiger partial charge in [0, 0.05) is 19.3 Å². The number of benzene rings is 1. The summed E-state index contributed by atoms with van der Waals surface area (Å²) >= 11 is 0. The third-order valence-electron chi connectivity index (χ3n) is 4.11. The van der Waals surface area contributed by atoms with E-state index >= 15 is 0 Å². The molecule has 4 nitrogen and oxygen atoms in total. The Morgan fingerprint density at radius 2 is 2.00 bits per heavy atom. The Balaban J connectivity index is 2.04. The number of sulfone groups is 1. The van der Waals surface area contributed by atoms with Crippen LogP contribution in [0.1, 0.15) is 19.3 Å². The second-order valence-electron chi connectivity index (χ2n) is 5.71. The first-order valence-electron chi connectivity index (χ1n) is 7.31. The summed E-state index contributed by atoms with van der Waals surface area (Å²) in [6, 6.07) is 4.19. The standard InChI is InChI=1S/C15H23FN2O2S/c1-17-8-5-12-6-9-18(10-7-12)15-4-3-13(11-14(15)16)21(2,19)20/h3-4,11-12,17H,5-10H2,1-2H3. The molecule has 0 unspecified atom stereocenters. The quantitative estimate of drug-likeness (QED) is 0.904. The first kappa shape index (κ1) is 16.2. The molecule has 6 heteroatoms. The normalized spacial score (nSPS) is 17.2. The Morgan fingerprint density at radius 1 is 1.33 bits per heavy atom. The lowest BCUT2D eigenvalue weighted by Crippen LogP contribution is -2.35. The van der Waals surface area contributed by atoms with Crippen molar-refractivity contribution in [2.45, 2.75) is 24.2 Å². The van der Waals surface area contributed by atoms with Crippen LogP contribution < -0.4 is 10.2 Å². The molecule has 1 saturated heterocycles. The van der Waals surface area contributed by atoms with Crippen molar-refractivity contribution in [3.63, 3.8) is 0 Å². The van der Waals surface area contributed by atoms with E-state index in [0.29, 0.717) is 11.6 Å². The van der Waals surface area contributed by atoms with E-state index in [-0.39, 0.29) is 4.90 Å². The lowest BCUT2D eigenvalue weighted by Gasteiger charge is -2.34. The van der Waals surface area contributed by atoms with Crippen molar-refractivity contribution in [1.82, 2.24) is 5.32 Å². The van der Waals surface area contributed by atoms with Gasteiger partial charge in [-0.05, 0) is 57.0 Å². The maximum absolute atomic E-state index is 14.1. The third kappa shape index (κ3) is 4.17. The summed E-state index contributed by atoms with van der Waals surface area (Å²) in [6.45, 7) is 2.66. The molecule has 1 aromatic rings. The van der Waals surface area contributed by atoms with Crippen molar-refractivity contribution in [3.05, 3.63) is 24.0 Å². The largest absolute Gasteiger partial charge is 0.369 e. The Kier molecular flexibility index (Phi) is 5.22. The Hall–Kier alpha value is -1.14. The van der Waals surface area contributed by atoms with Gasteiger partial charge < -0.3 is 10.2 Å². The summed E-state index contributed by atoms with van der Waals surface area (Å²) in [7, 11) is -1.41. The van der Waals surface area contributed by atoms with Crippen molar-refractivity contribution < 1.29 is 12.8 Å². The summed E-state index contributed by atoms with van der Waals surface area (Å²) in [6.07, 6.45) is 4.35. The van der Waals surface area contributed by atoms with Crippen LogP contribution in [0.25, 0.3) is 0 Å². The monoisotopic (exact) mass is 314 g/mol. The van der Waals surface area contributed by atoms with E-state index < -0.39 is 15.7 Å². The van der Waals surface area contributed by atoms with Crippen LogP contribution in [0, 0.1) is 11.7 Å². The fraction of sp³-hybridized carbons (Fsp3) is 0.600. The highest BCUT2D eigenvalue weighted by molar-refractivity contribution is 7.90. The predicted molar refractivity (Wildman–Crippen MR) is 83.0 cm³/mol. The number of rotatable bonds is 5. The van der Waals surface area contributed by atoms with Gasteiger partial charge in [-0.2, -0.15) is 0 Å². The van der Waals surface area contributed by atoms with Crippen LogP contribution >= 0.6 is 0 Å². The molecule has 2 rings (SSSR count). The van der Waals surface area contributed by atoms with Crippen LogP contribution in [0.2, 0.25) is 0 Å². The van der Waals surface area contributed by atoms with Gasteiger partial charge >= 0.3 is 0 Å². The lowest BCUT2D eigenvalue weighted by molar-refractivity contribution is 0.376. The minimum absolute atomic E-state index is 0.0349. The van der Waals surface area contributed by atoms with Gasteiger partial charge in [0.25, 0.3) is 0 Å². The molecule has 21 heavy (non-hydrogen) atoms. The van der Waals surface area contributed by atoms with Crippen LogP contribution in [-0.4, -0.2) is 41.4 Å². The highest BCUT2D eigenvalue weighted by atomic mass is 32.2. The molecule has 0 bridgehead atoms. The van der Waals surface area contributed by atoms with Crippen molar-refractivity contribution in [1.29, 1.82) is 0 Å². The molecule has 0 radical (unpaired) electrons. The van der Waals surface area contributed by atoms with Crippen LogP contribution in [-0.2, 0) is 9.84 Å². The predicted octanol–water partition coefficient (Wildman–Crippen LogP) is 2.06. The molecule has 0 saturated carbocycles. The van der Waals surface area contributed by atoms with E-state index in [2.05, 4.69) is 5.32 Å². The van der Waals surface area contributed by atoms with Crippen LogP contribution in [0.5, 0.6) is 0 Å². The van der Waals surface area contributed by atoms with Crippen molar-refractivity contribution in [2.24, 2.45) is 5.92 Å². The first-order chi connectivity index (χ1) is 9.91. The number of nitrogens with zero attached hydrogens (tertiary/aromatic N) is 1. The smallest absolute Gasteiger partial charge is 0.175 e. The fourth-order valence-electron chi connectivity index (χ4n) is 2.79. The Labute approximate surface area is 126 Å². The van der Waals surface area contributed by atoms with Gasteiger partial charge in [-0.15, -0.1) is 0 Å². The Morgan fingerprint density at radius 3 is 2.52 bits per heavy atom. The van der Waals surface area contributed by atoms with Gasteiger partial charge in [0.1, 0.15) is 5.82 Å². The molecule has 1 aliphatic rings. The fourth-order valence-corrected chi connectivity index (χ4v) is 3.42. The van der Waals surface area contributed by atoms with Gasteiger partial charge in [-0.25, -0.2) is 12.8 Å². The molecule has 0 aliphatic carbocycles. The van der Waals surface area contributed by atoms with E-state index in [4.69, 9.17) is 0 Å². The van der Waals surface area contributed by atoms with Gasteiger partial charge in [-0.3, -0.25) is 0 Å². The molecule has 0 aromatic heterocycles. The zero-order valence-corrected chi connectivity index (χ0v) is 13.4. The molecule has 1 aromatic carbocycles. The maximum Gasteiger partial charge on any atom is 0.175 e. The molecular formula is C15H23FN2O2S. The summed E-state index contributed by atoms with van der Waals surface area (Å²) in [4.78, 5) is 2.05. The second kappa shape index (κ2) is 6.75. The van der Waals surface area contributed by atoms with Crippen molar-refractivity contribution in [2.75, 3.05) is 37.8 Å². The molecular weight excluding hydrogens is 291 g/mol. The molecule has 0 atom stereocenters. The minimum atomic E-state index is -3.36. The number of nitrogens with one attached hydrogen (secondary N) is 1. The van der Waals surface area contributed by atoms with E-state index in [1.807, 2.05) is 11.9 Å². The van der Waals surface area contributed by atoms with E-state index in [9.17, 15) is 12.8 Å². The topological polar surface area (TPSA) is 49.4 Å². The number of hydrogen-bond donors (Lipinski definition) is 1. The maximum atomic E-state index is 14.1. The summed E-state index contributed by atoms with van der Waals surface area (Å²) in [5.41, 5.74) is 0.509. The molecule has 118 valence electrons. The zero-order chi connectivity index (χ0) is 15.5. The van der Waals surface area contributed by atoms with Gasteiger partial charge in [0.15, 0.2) is 9.84 Å². The average molecular weight is 314 g/mol. The minimum Gasteiger partial charge on any atom is -0.369 e. The van der Waals surface area contributed by atoms with E-state index in [1.54, 1.807) is 6.07 Å². The van der Waals surface area contributed by atoms with Gasteiger partial charge in [0.2, 0.25) is 0 Å². The summed E-state index contributed by atoms with van der Waals surface area (Å²) < 4.78 is 37.0. The van der Waals surface area contributed by atoms with Crippen LogP contribution in [0.15, 0.2) is 23.1 Å². The molecule has 1 aliphatic heterocycles. The van der Waals surface area contributed by atoms with Crippen LogP contribution in [0.4, 0.5) is 10.1 Å². The molecule has 1 N–H and O–H groups in total. The first-order valence-corrected chi connectivity index (χ1v) is 9.20. The summed E-state index contributed by atoms with van der Waals surface area (Å²) in [5.74, 6) is 0.235. The molecule has 1 heterocycles. The number of anilines is 1. The summed E-state index contributed by atoms with van der Waals surface area (Å²) in [5, 5.41) is 3.16. The van der Waals surface area contributed by atoms with Crippen molar-refractivity contribution >= 4 is 15.5 Å². The van der Waals surface area contributed by atoms with Gasteiger partial charge in [-0.1, -0.05) is 0 Å². The van der Waals surface area contributed by atoms with Crippen molar-refractivity contribution in [3.8, 4) is 0 Å². The number of hydrogen-bond acceptors (Lipinski definition) is 4. The Bertz CT molecular complexity index is 581. The highest BCUT2D eigenvalue weighted by Gasteiger charge is 2.21.